The van der Waals surface area contributed by atoms with E-state index in [2.05, 4.69) is 21.2 Å². The van der Waals surface area contributed by atoms with Gasteiger partial charge < -0.3 is 10.1 Å². The highest BCUT2D eigenvalue weighted by atomic mass is 79.9. The first-order chi connectivity index (χ1) is 11.5. The molecule has 1 amide bonds. The van der Waals surface area contributed by atoms with Crippen LogP contribution in [-0.2, 0) is 9.53 Å². The number of aryl methyl sites for hydroxylation is 1. The lowest BCUT2D eigenvalue weighted by Crippen LogP contribution is -2.14. The number of halogens is 1. The quantitative estimate of drug-likeness (QED) is 0.649. The zero-order valence-electron chi connectivity index (χ0n) is 13.9. The van der Waals surface area contributed by atoms with Crippen LogP contribution in [0.4, 0.5) is 5.00 Å². The average Bonchev–Trinajstić information content (AvgIpc) is 2.84. The summed E-state index contributed by atoms with van der Waals surface area (Å²) in [5.41, 5.74) is 2.18. The first kappa shape index (κ1) is 18.7. The van der Waals surface area contributed by atoms with Gasteiger partial charge in [0.1, 0.15) is 10.6 Å². The van der Waals surface area contributed by atoms with Crippen molar-refractivity contribution >= 4 is 44.1 Å². The van der Waals surface area contributed by atoms with E-state index in [0.717, 1.165) is 26.9 Å². The Morgan fingerprint density at radius 3 is 2.46 bits per heavy atom. The molecule has 0 saturated heterocycles. The molecule has 1 aromatic heterocycles. The molecule has 0 fully saturated rings. The van der Waals surface area contributed by atoms with E-state index in [0.29, 0.717) is 17.0 Å². The molecular weight excluding hydrogens is 390 g/mol. The SMILES string of the molecule is CCCC(=O)Nc1sc(C)c(-c2ccc(Br)cc2)c1C(=O)OCC. The molecule has 0 saturated carbocycles. The topological polar surface area (TPSA) is 55.4 Å². The van der Waals surface area contributed by atoms with Gasteiger partial charge in [0.05, 0.1) is 6.61 Å². The molecule has 0 atom stereocenters. The van der Waals surface area contributed by atoms with Crippen molar-refractivity contribution in [2.45, 2.75) is 33.6 Å². The molecule has 0 bridgehead atoms. The minimum absolute atomic E-state index is 0.0911. The van der Waals surface area contributed by atoms with E-state index < -0.39 is 5.97 Å². The highest BCUT2D eigenvalue weighted by molar-refractivity contribution is 9.10. The molecule has 1 aromatic carbocycles. The Kier molecular flexibility index (Phi) is 6.57. The molecule has 0 spiro atoms. The summed E-state index contributed by atoms with van der Waals surface area (Å²) in [5.74, 6) is -0.502. The predicted molar refractivity (Wildman–Crippen MR) is 102 cm³/mol. The second kappa shape index (κ2) is 8.44. The fourth-order valence-electron chi connectivity index (χ4n) is 2.41. The molecule has 0 unspecified atom stereocenters. The minimum Gasteiger partial charge on any atom is -0.462 e. The van der Waals surface area contributed by atoms with E-state index in [1.54, 1.807) is 6.92 Å². The second-order valence-electron chi connectivity index (χ2n) is 5.26. The van der Waals surface area contributed by atoms with E-state index in [1.165, 1.54) is 11.3 Å². The third-order valence-electron chi connectivity index (χ3n) is 3.43. The van der Waals surface area contributed by atoms with E-state index in [4.69, 9.17) is 4.74 Å². The summed E-state index contributed by atoms with van der Waals surface area (Å²) < 4.78 is 6.18. The number of benzene rings is 1. The van der Waals surface area contributed by atoms with Crippen LogP contribution in [0, 0.1) is 6.92 Å². The number of anilines is 1. The Hall–Kier alpha value is -1.66. The van der Waals surface area contributed by atoms with E-state index in [-0.39, 0.29) is 12.5 Å². The number of carbonyl (C=O) groups is 2. The van der Waals surface area contributed by atoms with Crippen molar-refractivity contribution in [3.05, 3.63) is 39.2 Å². The fourth-order valence-corrected chi connectivity index (χ4v) is 3.76. The smallest absolute Gasteiger partial charge is 0.341 e. The third-order valence-corrected chi connectivity index (χ3v) is 4.98. The lowest BCUT2D eigenvalue weighted by molar-refractivity contribution is -0.116. The van der Waals surface area contributed by atoms with Gasteiger partial charge >= 0.3 is 5.97 Å². The summed E-state index contributed by atoms with van der Waals surface area (Å²) >= 11 is 4.82. The van der Waals surface area contributed by atoms with Gasteiger partial charge in [0, 0.05) is 21.3 Å². The minimum atomic E-state index is -0.411. The summed E-state index contributed by atoms with van der Waals surface area (Å²) in [7, 11) is 0. The summed E-state index contributed by atoms with van der Waals surface area (Å²) in [5, 5.41) is 3.42. The van der Waals surface area contributed by atoms with Gasteiger partial charge in [0.15, 0.2) is 0 Å². The molecule has 0 radical (unpaired) electrons. The molecule has 0 aliphatic carbocycles. The molecule has 4 nitrogen and oxygen atoms in total. The number of carbonyl (C=O) groups excluding carboxylic acids is 2. The van der Waals surface area contributed by atoms with Crippen molar-refractivity contribution in [2.24, 2.45) is 0 Å². The normalized spacial score (nSPS) is 10.5. The molecule has 128 valence electrons. The highest BCUT2D eigenvalue weighted by Crippen LogP contribution is 2.40. The van der Waals surface area contributed by atoms with E-state index >= 15 is 0 Å². The number of hydrogen-bond acceptors (Lipinski definition) is 4. The van der Waals surface area contributed by atoms with Crippen molar-refractivity contribution < 1.29 is 14.3 Å². The van der Waals surface area contributed by atoms with Crippen LogP contribution in [0.15, 0.2) is 28.7 Å². The average molecular weight is 410 g/mol. The molecule has 6 heteroatoms. The number of amides is 1. The molecule has 1 heterocycles. The summed E-state index contributed by atoms with van der Waals surface area (Å²) in [6.45, 7) is 5.95. The van der Waals surface area contributed by atoms with Crippen molar-refractivity contribution in [3.63, 3.8) is 0 Å². The zero-order valence-corrected chi connectivity index (χ0v) is 16.3. The first-order valence-corrected chi connectivity index (χ1v) is 9.45. The molecule has 2 rings (SSSR count). The Balaban J connectivity index is 2.52. The fraction of sp³-hybridized carbons (Fsp3) is 0.333. The Bertz CT molecular complexity index is 737. The maximum absolute atomic E-state index is 12.5. The van der Waals surface area contributed by atoms with Crippen LogP contribution in [0.3, 0.4) is 0 Å². The zero-order chi connectivity index (χ0) is 17.7. The lowest BCUT2D eigenvalue weighted by Gasteiger charge is -2.09. The van der Waals surface area contributed by atoms with Crippen molar-refractivity contribution in [2.75, 3.05) is 11.9 Å². The Morgan fingerprint density at radius 1 is 1.21 bits per heavy atom. The third kappa shape index (κ3) is 4.24. The van der Waals surface area contributed by atoms with Crippen LogP contribution in [0.1, 0.15) is 41.9 Å². The maximum atomic E-state index is 12.5. The first-order valence-electron chi connectivity index (χ1n) is 7.84. The van der Waals surface area contributed by atoms with E-state index in [1.807, 2.05) is 38.1 Å². The number of hydrogen-bond donors (Lipinski definition) is 1. The molecule has 24 heavy (non-hydrogen) atoms. The van der Waals surface area contributed by atoms with Gasteiger partial charge in [-0.15, -0.1) is 11.3 Å². The van der Waals surface area contributed by atoms with Crippen LogP contribution in [0.2, 0.25) is 0 Å². The molecule has 2 aromatic rings. The van der Waals surface area contributed by atoms with Gasteiger partial charge in [-0.2, -0.15) is 0 Å². The highest BCUT2D eigenvalue weighted by Gasteiger charge is 2.25. The standard InChI is InChI=1S/C18H20BrNO3S/c1-4-6-14(21)20-17-16(18(22)23-5-2)15(11(3)24-17)12-7-9-13(19)10-8-12/h7-10H,4-6H2,1-3H3,(H,20,21). The largest absolute Gasteiger partial charge is 0.462 e. The second-order valence-corrected chi connectivity index (χ2v) is 7.40. The number of ether oxygens (including phenoxy) is 1. The van der Waals surface area contributed by atoms with Gasteiger partial charge in [-0.1, -0.05) is 35.0 Å². The van der Waals surface area contributed by atoms with Gasteiger partial charge in [-0.05, 0) is 38.0 Å². The van der Waals surface area contributed by atoms with Gasteiger partial charge in [-0.25, -0.2) is 4.79 Å². The van der Waals surface area contributed by atoms with Gasteiger partial charge in [0.2, 0.25) is 5.91 Å². The van der Waals surface area contributed by atoms with Gasteiger partial charge in [0.25, 0.3) is 0 Å². The maximum Gasteiger partial charge on any atom is 0.341 e. The molecule has 1 N–H and O–H groups in total. The van der Waals surface area contributed by atoms with E-state index in [9.17, 15) is 9.59 Å². The van der Waals surface area contributed by atoms with Crippen LogP contribution in [-0.4, -0.2) is 18.5 Å². The Morgan fingerprint density at radius 2 is 1.88 bits per heavy atom. The lowest BCUT2D eigenvalue weighted by atomic mass is 10.0. The molecule has 0 aliphatic rings. The summed E-state index contributed by atoms with van der Waals surface area (Å²) in [4.78, 5) is 25.5. The van der Waals surface area contributed by atoms with Crippen molar-refractivity contribution in [3.8, 4) is 11.1 Å². The Labute approximate surface area is 154 Å². The number of rotatable bonds is 6. The number of thiophene rings is 1. The monoisotopic (exact) mass is 409 g/mol. The van der Waals surface area contributed by atoms with Crippen LogP contribution in [0.25, 0.3) is 11.1 Å². The molecule has 0 aliphatic heterocycles. The van der Waals surface area contributed by atoms with Crippen LogP contribution >= 0.6 is 27.3 Å². The van der Waals surface area contributed by atoms with Crippen molar-refractivity contribution in [1.29, 1.82) is 0 Å². The predicted octanol–water partition coefficient (Wildman–Crippen LogP) is 5.40. The summed E-state index contributed by atoms with van der Waals surface area (Å²) in [6.07, 6.45) is 1.18. The van der Waals surface area contributed by atoms with Crippen molar-refractivity contribution in [1.82, 2.24) is 0 Å². The summed E-state index contributed by atoms with van der Waals surface area (Å²) in [6, 6.07) is 7.74. The van der Waals surface area contributed by atoms with Crippen LogP contribution < -0.4 is 5.32 Å². The molecular formula is C18H20BrNO3S. The number of nitrogens with one attached hydrogen (secondary N) is 1. The van der Waals surface area contributed by atoms with Gasteiger partial charge in [-0.3, -0.25) is 4.79 Å². The van der Waals surface area contributed by atoms with Crippen LogP contribution in [0.5, 0.6) is 0 Å². The number of esters is 1.